The highest BCUT2D eigenvalue weighted by Gasteiger charge is 2.49. The lowest BCUT2D eigenvalue weighted by atomic mass is 9.86. The van der Waals surface area contributed by atoms with Crippen LogP contribution in [0.5, 0.6) is 5.88 Å². The summed E-state index contributed by atoms with van der Waals surface area (Å²) >= 11 is 0. The third kappa shape index (κ3) is 3.67. The van der Waals surface area contributed by atoms with Crippen LogP contribution >= 0.6 is 0 Å². The summed E-state index contributed by atoms with van der Waals surface area (Å²) in [5, 5.41) is 16.5. The fourth-order valence-corrected chi connectivity index (χ4v) is 6.02. The molecule has 182 valence electrons. The van der Waals surface area contributed by atoms with Crippen molar-refractivity contribution in [2.45, 2.75) is 70.2 Å². The van der Waals surface area contributed by atoms with Crippen LogP contribution in [0, 0.1) is 12.7 Å². The fraction of sp³-hybridized carbons (Fsp3) is 0.480. The van der Waals surface area contributed by atoms with Crippen molar-refractivity contribution in [2.75, 3.05) is 4.90 Å². The van der Waals surface area contributed by atoms with E-state index in [9.17, 15) is 4.79 Å². The quantitative estimate of drug-likeness (QED) is 0.616. The van der Waals surface area contributed by atoms with E-state index in [0.29, 0.717) is 28.5 Å². The zero-order valence-electron chi connectivity index (χ0n) is 20.3. The van der Waals surface area contributed by atoms with Crippen molar-refractivity contribution in [2.24, 2.45) is 7.05 Å². The van der Waals surface area contributed by atoms with Gasteiger partial charge in [0, 0.05) is 60.6 Å². The predicted molar refractivity (Wildman–Crippen MR) is 127 cm³/mol. The Morgan fingerprint density at radius 1 is 1.17 bits per heavy atom. The molecular formula is C25H28FN7O2. The van der Waals surface area contributed by atoms with Crippen LogP contribution in [0.1, 0.15) is 61.1 Å². The van der Waals surface area contributed by atoms with Gasteiger partial charge in [0.15, 0.2) is 11.6 Å². The van der Waals surface area contributed by atoms with Gasteiger partial charge in [0.25, 0.3) is 5.91 Å². The first-order valence-corrected chi connectivity index (χ1v) is 11.9. The Kier molecular flexibility index (Phi) is 4.76. The number of nitrogens with zero attached hydrogens (tertiary/aromatic N) is 6. The molecule has 35 heavy (non-hydrogen) atoms. The number of carbonyl (C=O) groups excluding carboxylic acids is 1. The highest BCUT2D eigenvalue weighted by molar-refractivity contribution is 6.10. The Hall–Kier alpha value is -3.40. The number of amides is 1. The molecule has 0 radical (unpaired) electrons. The number of hydrogen-bond donors (Lipinski definition) is 1. The Bertz CT molecular complexity index is 1320. The Balaban J connectivity index is 1.21. The molecule has 2 bridgehead atoms. The van der Waals surface area contributed by atoms with E-state index in [2.05, 4.69) is 39.4 Å². The molecule has 2 fully saturated rings. The zero-order valence-corrected chi connectivity index (χ0v) is 20.3. The Morgan fingerprint density at radius 3 is 2.54 bits per heavy atom. The molecule has 6 heterocycles. The molecule has 6 rings (SSSR count). The molecule has 1 amide bonds. The average molecular weight is 478 g/mol. The van der Waals surface area contributed by atoms with E-state index in [4.69, 9.17) is 4.74 Å². The minimum absolute atomic E-state index is 0.0204. The topological polar surface area (TPSA) is 98.1 Å². The molecule has 10 heteroatoms. The number of piperidine rings is 1. The average Bonchev–Trinajstić information content (AvgIpc) is 3.39. The van der Waals surface area contributed by atoms with Crippen LogP contribution in [0.4, 0.5) is 10.2 Å². The number of nitrogens with one attached hydrogen (secondary N) is 1. The van der Waals surface area contributed by atoms with Gasteiger partial charge in [0.1, 0.15) is 11.8 Å². The SMILES string of the molecule is Cc1nn(C)cc1-c1ncc2c(c1F)C(=O)N(c1ccc(OC3CC4(C)CCC(C)(C3)N4)nn1)C2. The number of hydrogen-bond acceptors (Lipinski definition) is 7. The zero-order chi connectivity index (χ0) is 24.5. The molecule has 0 aromatic carbocycles. The van der Waals surface area contributed by atoms with E-state index < -0.39 is 11.7 Å². The summed E-state index contributed by atoms with van der Waals surface area (Å²) in [4.78, 5) is 18.9. The van der Waals surface area contributed by atoms with Crippen LogP contribution in [-0.2, 0) is 13.6 Å². The third-order valence-electron chi connectivity index (χ3n) is 7.53. The van der Waals surface area contributed by atoms with Gasteiger partial charge in [-0.15, -0.1) is 10.2 Å². The van der Waals surface area contributed by atoms with E-state index in [0.717, 1.165) is 25.7 Å². The Morgan fingerprint density at radius 2 is 1.91 bits per heavy atom. The molecule has 3 aromatic rings. The molecule has 1 N–H and O–H groups in total. The van der Waals surface area contributed by atoms with Gasteiger partial charge in [-0.3, -0.25) is 19.4 Å². The van der Waals surface area contributed by atoms with E-state index in [1.165, 1.54) is 4.90 Å². The van der Waals surface area contributed by atoms with E-state index >= 15 is 4.39 Å². The van der Waals surface area contributed by atoms with Crippen molar-refractivity contribution in [3.8, 4) is 17.1 Å². The van der Waals surface area contributed by atoms with Crippen molar-refractivity contribution < 1.29 is 13.9 Å². The van der Waals surface area contributed by atoms with Crippen LogP contribution in [0.15, 0.2) is 24.5 Å². The molecule has 2 unspecified atom stereocenters. The van der Waals surface area contributed by atoms with Gasteiger partial charge in [-0.2, -0.15) is 5.10 Å². The molecule has 0 aliphatic carbocycles. The fourth-order valence-electron chi connectivity index (χ4n) is 6.02. The minimum Gasteiger partial charge on any atom is -0.473 e. The number of anilines is 1. The van der Waals surface area contributed by atoms with Crippen molar-refractivity contribution in [3.05, 3.63) is 47.2 Å². The molecule has 9 nitrogen and oxygen atoms in total. The Labute approximate surface area is 202 Å². The smallest absolute Gasteiger partial charge is 0.263 e. The summed E-state index contributed by atoms with van der Waals surface area (Å²) in [5.41, 5.74) is 2.05. The lowest BCUT2D eigenvalue weighted by Crippen LogP contribution is -2.56. The summed E-state index contributed by atoms with van der Waals surface area (Å²) in [5.74, 6) is -0.317. The molecule has 0 spiro atoms. The lowest BCUT2D eigenvalue weighted by Gasteiger charge is -2.41. The van der Waals surface area contributed by atoms with Crippen molar-refractivity contribution in [1.82, 2.24) is 30.3 Å². The number of aromatic nitrogens is 5. The molecule has 0 saturated carbocycles. The maximum atomic E-state index is 15.4. The standard InChI is InChI=1S/C25H28FN7O2/c1-14-17(13-32(4)30-14)22-21(26)20-15(11-27-22)12-33(23(20)34)18-5-6-19(29-28-18)35-16-9-24(2)7-8-25(3,10-16)31-24/h5-6,11,13,16,31H,7-10,12H2,1-4H3. The van der Waals surface area contributed by atoms with Gasteiger partial charge in [0.05, 0.1) is 17.8 Å². The van der Waals surface area contributed by atoms with Crippen LogP contribution in [-0.4, -0.2) is 48.1 Å². The van der Waals surface area contributed by atoms with Crippen LogP contribution in [0.2, 0.25) is 0 Å². The molecule has 3 aliphatic rings. The van der Waals surface area contributed by atoms with Gasteiger partial charge in [-0.25, -0.2) is 4.39 Å². The van der Waals surface area contributed by atoms with E-state index in [1.54, 1.807) is 43.2 Å². The van der Waals surface area contributed by atoms with E-state index in [1.807, 2.05) is 0 Å². The number of fused-ring (bicyclic) bond motifs is 3. The molecule has 3 aromatic heterocycles. The lowest BCUT2D eigenvalue weighted by molar-refractivity contribution is 0.0753. The van der Waals surface area contributed by atoms with Crippen LogP contribution in [0.3, 0.4) is 0 Å². The molecular weight excluding hydrogens is 449 g/mol. The normalized spacial score (nSPS) is 27.4. The van der Waals surface area contributed by atoms with E-state index in [-0.39, 0.29) is 35.0 Å². The summed E-state index contributed by atoms with van der Waals surface area (Å²) in [6.07, 6.45) is 7.41. The number of halogens is 1. The first kappa shape index (κ1) is 22.1. The first-order chi connectivity index (χ1) is 16.6. The monoisotopic (exact) mass is 477 g/mol. The van der Waals surface area contributed by atoms with Gasteiger partial charge in [0.2, 0.25) is 5.88 Å². The second kappa shape index (κ2) is 7.55. The van der Waals surface area contributed by atoms with Crippen LogP contribution in [0.25, 0.3) is 11.3 Å². The highest BCUT2D eigenvalue weighted by atomic mass is 19.1. The van der Waals surface area contributed by atoms with Gasteiger partial charge < -0.3 is 10.1 Å². The molecule has 2 saturated heterocycles. The first-order valence-electron chi connectivity index (χ1n) is 11.9. The summed E-state index contributed by atoms with van der Waals surface area (Å²) in [7, 11) is 1.76. The minimum atomic E-state index is -0.637. The van der Waals surface area contributed by atoms with Crippen molar-refractivity contribution in [3.63, 3.8) is 0 Å². The number of ether oxygens (including phenoxy) is 1. The highest BCUT2D eigenvalue weighted by Crippen LogP contribution is 2.43. The number of aryl methyl sites for hydroxylation is 2. The summed E-state index contributed by atoms with van der Waals surface area (Å²) < 4.78 is 23.2. The number of pyridine rings is 1. The van der Waals surface area contributed by atoms with Gasteiger partial charge >= 0.3 is 0 Å². The van der Waals surface area contributed by atoms with Crippen LogP contribution < -0.4 is 15.0 Å². The maximum absolute atomic E-state index is 15.4. The second-order valence-corrected chi connectivity index (χ2v) is 10.6. The number of rotatable bonds is 4. The van der Waals surface area contributed by atoms with Crippen molar-refractivity contribution in [1.29, 1.82) is 0 Å². The largest absolute Gasteiger partial charge is 0.473 e. The molecule has 3 aliphatic heterocycles. The summed E-state index contributed by atoms with van der Waals surface area (Å²) in [6.45, 7) is 6.46. The third-order valence-corrected chi connectivity index (χ3v) is 7.53. The summed E-state index contributed by atoms with van der Waals surface area (Å²) in [6, 6.07) is 3.43. The second-order valence-electron chi connectivity index (χ2n) is 10.6. The van der Waals surface area contributed by atoms with Crippen molar-refractivity contribution >= 4 is 11.7 Å². The molecule has 2 atom stereocenters. The van der Waals surface area contributed by atoms with Gasteiger partial charge in [-0.05, 0) is 39.7 Å². The maximum Gasteiger partial charge on any atom is 0.263 e. The number of carbonyl (C=O) groups is 1. The predicted octanol–water partition coefficient (Wildman–Crippen LogP) is 3.32. The van der Waals surface area contributed by atoms with Gasteiger partial charge in [-0.1, -0.05) is 0 Å².